The second-order valence-electron chi connectivity index (χ2n) is 3.40. The van der Waals surface area contributed by atoms with Gasteiger partial charge in [0.25, 0.3) is 0 Å². The van der Waals surface area contributed by atoms with Gasteiger partial charge in [-0.2, -0.15) is 0 Å². The summed E-state index contributed by atoms with van der Waals surface area (Å²) in [4.78, 5) is 1.32. The van der Waals surface area contributed by atoms with Gasteiger partial charge in [0.1, 0.15) is 0 Å². The van der Waals surface area contributed by atoms with E-state index in [-0.39, 0.29) is 12.4 Å². The van der Waals surface area contributed by atoms with E-state index in [2.05, 4.69) is 16.8 Å². The van der Waals surface area contributed by atoms with Crippen LogP contribution >= 0.6 is 46.9 Å². The third kappa shape index (κ3) is 4.16. The van der Waals surface area contributed by atoms with Gasteiger partial charge in [-0.3, -0.25) is 0 Å². The molecule has 0 atom stereocenters. The average Bonchev–Trinajstić information content (AvgIpc) is 2.77. The highest BCUT2D eigenvalue weighted by molar-refractivity contribution is 7.09. The summed E-state index contributed by atoms with van der Waals surface area (Å²) in [5.74, 6) is 0. The summed E-state index contributed by atoms with van der Waals surface area (Å²) in [6.45, 7) is 1.60. The van der Waals surface area contributed by atoms with Crippen LogP contribution in [-0.2, 0) is 13.1 Å². The number of benzene rings is 1. The van der Waals surface area contributed by atoms with Crippen LogP contribution in [0.2, 0.25) is 10.0 Å². The van der Waals surface area contributed by atoms with Crippen LogP contribution < -0.4 is 5.32 Å². The summed E-state index contributed by atoms with van der Waals surface area (Å²) in [7, 11) is 0. The van der Waals surface area contributed by atoms with Crippen LogP contribution in [0.4, 0.5) is 0 Å². The number of hydrogen-bond donors (Lipinski definition) is 1. The van der Waals surface area contributed by atoms with Crippen LogP contribution in [0.1, 0.15) is 10.4 Å². The van der Waals surface area contributed by atoms with Crippen molar-refractivity contribution in [2.24, 2.45) is 0 Å². The van der Waals surface area contributed by atoms with Gasteiger partial charge in [0.15, 0.2) is 0 Å². The molecule has 0 spiro atoms. The highest BCUT2D eigenvalue weighted by Crippen LogP contribution is 2.25. The number of rotatable bonds is 4. The molecule has 1 aromatic carbocycles. The van der Waals surface area contributed by atoms with E-state index in [1.54, 1.807) is 17.4 Å². The molecular formula is C12H12Cl3NS. The maximum atomic E-state index is 6.08. The fourth-order valence-electron chi connectivity index (χ4n) is 1.42. The molecule has 0 saturated heterocycles. The zero-order valence-electron chi connectivity index (χ0n) is 8.95. The Bertz CT molecular complexity index is 457. The minimum atomic E-state index is 0. The van der Waals surface area contributed by atoms with Crippen LogP contribution in [0, 0.1) is 0 Å². The number of thiophene rings is 1. The standard InChI is InChI=1S/C12H11Cl2NS.ClH/c13-11-5-1-3-9(12(11)14)7-15-8-10-4-2-6-16-10;/h1-6,15H,7-8H2;1H. The molecule has 0 bridgehead atoms. The zero-order valence-corrected chi connectivity index (χ0v) is 12.1. The first-order valence-corrected chi connectivity index (χ1v) is 6.57. The van der Waals surface area contributed by atoms with Crippen molar-refractivity contribution in [3.8, 4) is 0 Å². The van der Waals surface area contributed by atoms with E-state index in [4.69, 9.17) is 23.2 Å². The molecule has 5 heteroatoms. The Morgan fingerprint density at radius 3 is 2.59 bits per heavy atom. The normalized spacial score (nSPS) is 10.0. The van der Waals surface area contributed by atoms with Crippen molar-refractivity contribution in [3.05, 3.63) is 56.2 Å². The van der Waals surface area contributed by atoms with Gasteiger partial charge in [-0.1, -0.05) is 41.4 Å². The van der Waals surface area contributed by atoms with Crippen LogP contribution in [0.15, 0.2) is 35.7 Å². The summed E-state index contributed by atoms with van der Waals surface area (Å²) in [5.41, 5.74) is 1.03. The Balaban J connectivity index is 0.00000144. The lowest BCUT2D eigenvalue weighted by molar-refractivity contribution is 0.701. The first kappa shape index (κ1) is 14.8. The van der Waals surface area contributed by atoms with Gasteiger partial charge < -0.3 is 5.32 Å². The Morgan fingerprint density at radius 2 is 1.88 bits per heavy atom. The molecule has 0 aliphatic rings. The van der Waals surface area contributed by atoms with Crippen molar-refractivity contribution in [3.63, 3.8) is 0 Å². The van der Waals surface area contributed by atoms with Gasteiger partial charge in [-0.25, -0.2) is 0 Å². The molecule has 2 rings (SSSR count). The van der Waals surface area contributed by atoms with Gasteiger partial charge in [0, 0.05) is 18.0 Å². The lowest BCUT2D eigenvalue weighted by Crippen LogP contribution is -2.12. The van der Waals surface area contributed by atoms with E-state index < -0.39 is 0 Å². The lowest BCUT2D eigenvalue weighted by Gasteiger charge is -2.06. The number of nitrogens with one attached hydrogen (secondary N) is 1. The molecule has 0 saturated carbocycles. The molecule has 0 fully saturated rings. The van der Waals surface area contributed by atoms with Crippen molar-refractivity contribution in [2.45, 2.75) is 13.1 Å². The molecule has 92 valence electrons. The van der Waals surface area contributed by atoms with Gasteiger partial charge in [0.05, 0.1) is 10.0 Å². The molecule has 2 aromatic rings. The van der Waals surface area contributed by atoms with E-state index in [0.717, 1.165) is 18.7 Å². The maximum Gasteiger partial charge on any atom is 0.0637 e. The van der Waals surface area contributed by atoms with Gasteiger partial charge in [-0.15, -0.1) is 23.7 Å². The molecule has 1 heterocycles. The fourth-order valence-corrected chi connectivity index (χ4v) is 2.48. The Labute approximate surface area is 121 Å². The van der Waals surface area contributed by atoms with Crippen molar-refractivity contribution in [1.29, 1.82) is 0 Å². The molecule has 0 aliphatic heterocycles. The first-order chi connectivity index (χ1) is 7.77. The second kappa shape index (κ2) is 7.24. The average molecular weight is 309 g/mol. The predicted molar refractivity (Wildman–Crippen MR) is 78.6 cm³/mol. The number of halogens is 3. The molecule has 0 radical (unpaired) electrons. The Kier molecular flexibility index (Phi) is 6.31. The van der Waals surface area contributed by atoms with Crippen LogP contribution in [0.25, 0.3) is 0 Å². The summed E-state index contributed by atoms with van der Waals surface area (Å²) >= 11 is 13.8. The third-order valence-electron chi connectivity index (χ3n) is 2.23. The fraction of sp³-hybridized carbons (Fsp3) is 0.167. The molecule has 0 unspecified atom stereocenters. The molecular weight excluding hydrogens is 297 g/mol. The quantitative estimate of drug-likeness (QED) is 0.858. The van der Waals surface area contributed by atoms with Crippen molar-refractivity contribution >= 4 is 46.9 Å². The van der Waals surface area contributed by atoms with Gasteiger partial charge >= 0.3 is 0 Å². The SMILES string of the molecule is Cl.Clc1cccc(CNCc2cccs2)c1Cl. The minimum absolute atomic E-state index is 0. The minimum Gasteiger partial charge on any atom is -0.308 e. The van der Waals surface area contributed by atoms with E-state index in [9.17, 15) is 0 Å². The van der Waals surface area contributed by atoms with Crippen molar-refractivity contribution in [2.75, 3.05) is 0 Å². The van der Waals surface area contributed by atoms with Crippen LogP contribution in [-0.4, -0.2) is 0 Å². The highest BCUT2D eigenvalue weighted by atomic mass is 35.5. The molecule has 1 aromatic heterocycles. The summed E-state index contributed by atoms with van der Waals surface area (Å²) in [5, 5.41) is 6.66. The number of hydrogen-bond acceptors (Lipinski definition) is 2. The first-order valence-electron chi connectivity index (χ1n) is 4.93. The third-order valence-corrected chi connectivity index (χ3v) is 3.96. The second-order valence-corrected chi connectivity index (χ2v) is 5.21. The maximum absolute atomic E-state index is 6.08. The van der Waals surface area contributed by atoms with E-state index in [1.165, 1.54) is 4.88 Å². The predicted octanol–water partition coefficient (Wildman–Crippen LogP) is 4.77. The monoisotopic (exact) mass is 307 g/mol. The van der Waals surface area contributed by atoms with Crippen molar-refractivity contribution in [1.82, 2.24) is 5.32 Å². The molecule has 1 N–H and O–H groups in total. The van der Waals surface area contributed by atoms with Crippen LogP contribution in [0.5, 0.6) is 0 Å². The van der Waals surface area contributed by atoms with Gasteiger partial charge in [0.2, 0.25) is 0 Å². The van der Waals surface area contributed by atoms with Crippen molar-refractivity contribution < 1.29 is 0 Å². The van der Waals surface area contributed by atoms with E-state index in [0.29, 0.717) is 10.0 Å². The zero-order chi connectivity index (χ0) is 11.4. The summed E-state index contributed by atoms with van der Waals surface area (Å²) in [6.07, 6.45) is 0. The van der Waals surface area contributed by atoms with E-state index in [1.807, 2.05) is 18.2 Å². The largest absolute Gasteiger partial charge is 0.308 e. The smallest absolute Gasteiger partial charge is 0.0637 e. The lowest BCUT2D eigenvalue weighted by atomic mass is 10.2. The molecule has 0 amide bonds. The van der Waals surface area contributed by atoms with Gasteiger partial charge in [-0.05, 0) is 23.1 Å². The molecule has 1 nitrogen and oxygen atoms in total. The Hall–Kier alpha value is -0.250. The topological polar surface area (TPSA) is 12.0 Å². The highest BCUT2D eigenvalue weighted by Gasteiger charge is 2.03. The molecule has 17 heavy (non-hydrogen) atoms. The summed E-state index contributed by atoms with van der Waals surface area (Å²) < 4.78 is 0. The molecule has 0 aliphatic carbocycles. The van der Waals surface area contributed by atoms with Crippen LogP contribution in [0.3, 0.4) is 0 Å². The van der Waals surface area contributed by atoms with E-state index >= 15 is 0 Å². The Morgan fingerprint density at radius 1 is 1.06 bits per heavy atom. The summed E-state index contributed by atoms with van der Waals surface area (Å²) in [6, 6.07) is 9.85.